The van der Waals surface area contributed by atoms with Crippen molar-refractivity contribution in [3.05, 3.63) is 68.5 Å². The number of hydrazine groups is 1. The SMILES string of the molecule is Cn1c(SCC(=O)NNC(=O)c2cccs2)nc2scc(-c3ccccc3)c2c1=O. The zero-order chi connectivity index (χ0) is 21.1. The highest BCUT2D eigenvalue weighted by atomic mass is 32.2. The lowest BCUT2D eigenvalue weighted by Crippen LogP contribution is -2.42. The van der Waals surface area contributed by atoms with Crippen molar-refractivity contribution < 1.29 is 9.59 Å². The first-order valence-electron chi connectivity index (χ1n) is 8.83. The van der Waals surface area contributed by atoms with Crippen LogP contribution in [0.15, 0.2) is 63.2 Å². The third kappa shape index (κ3) is 4.16. The van der Waals surface area contributed by atoms with E-state index in [9.17, 15) is 14.4 Å². The summed E-state index contributed by atoms with van der Waals surface area (Å²) in [7, 11) is 1.64. The minimum Gasteiger partial charge on any atom is -0.290 e. The summed E-state index contributed by atoms with van der Waals surface area (Å²) < 4.78 is 1.45. The zero-order valence-electron chi connectivity index (χ0n) is 15.7. The normalized spacial score (nSPS) is 10.8. The molecule has 0 saturated carbocycles. The van der Waals surface area contributed by atoms with E-state index in [1.807, 2.05) is 35.7 Å². The van der Waals surface area contributed by atoms with Gasteiger partial charge in [0.05, 0.1) is 16.0 Å². The first-order valence-corrected chi connectivity index (χ1v) is 11.6. The van der Waals surface area contributed by atoms with Gasteiger partial charge >= 0.3 is 0 Å². The predicted molar refractivity (Wildman–Crippen MR) is 121 cm³/mol. The number of rotatable bonds is 5. The van der Waals surface area contributed by atoms with Crippen molar-refractivity contribution in [1.82, 2.24) is 20.4 Å². The van der Waals surface area contributed by atoms with E-state index in [1.54, 1.807) is 24.6 Å². The molecule has 10 heteroatoms. The highest BCUT2D eigenvalue weighted by Gasteiger charge is 2.16. The molecule has 2 N–H and O–H groups in total. The zero-order valence-corrected chi connectivity index (χ0v) is 18.2. The van der Waals surface area contributed by atoms with Crippen LogP contribution in [0, 0.1) is 0 Å². The molecule has 7 nitrogen and oxygen atoms in total. The summed E-state index contributed by atoms with van der Waals surface area (Å²) in [5.74, 6) is -0.759. The van der Waals surface area contributed by atoms with Crippen LogP contribution >= 0.6 is 34.4 Å². The van der Waals surface area contributed by atoms with Gasteiger partial charge in [-0.3, -0.25) is 29.8 Å². The molecule has 0 aliphatic heterocycles. The van der Waals surface area contributed by atoms with Gasteiger partial charge in [-0.25, -0.2) is 4.98 Å². The van der Waals surface area contributed by atoms with E-state index in [0.717, 1.165) is 22.9 Å². The van der Waals surface area contributed by atoms with Crippen LogP contribution in [0.25, 0.3) is 21.3 Å². The number of nitrogens with zero attached hydrogens (tertiary/aromatic N) is 2. The molecule has 30 heavy (non-hydrogen) atoms. The Balaban J connectivity index is 1.47. The van der Waals surface area contributed by atoms with Crippen molar-refractivity contribution in [2.24, 2.45) is 7.05 Å². The summed E-state index contributed by atoms with van der Waals surface area (Å²) in [6.45, 7) is 0. The van der Waals surface area contributed by atoms with E-state index in [4.69, 9.17) is 0 Å². The van der Waals surface area contributed by atoms with E-state index in [-0.39, 0.29) is 17.2 Å². The first-order chi connectivity index (χ1) is 14.5. The van der Waals surface area contributed by atoms with E-state index in [0.29, 0.717) is 20.3 Å². The van der Waals surface area contributed by atoms with Gasteiger partial charge in [-0.05, 0) is 17.0 Å². The minimum absolute atomic E-state index is 0.00737. The lowest BCUT2D eigenvalue weighted by molar-refractivity contribution is -0.119. The van der Waals surface area contributed by atoms with Crippen molar-refractivity contribution in [1.29, 1.82) is 0 Å². The summed E-state index contributed by atoms with van der Waals surface area (Å²) in [4.78, 5) is 42.6. The Hall–Kier alpha value is -2.95. The maximum Gasteiger partial charge on any atom is 0.279 e. The van der Waals surface area contributed by atoms with Crippen molar-refractivity contribution in [3.63, 3.8) is 0 Å². The van der Waals surface area contributed by atoms with E-state index in [2.05, 4.69) is 15.8 Å². The Morgan fingerprint density at radius 3 is 2.63 bits per heavy atom. The van der Waals surface area contributed by atoms with Crippen molar-refractivity contribution >= 4 is 56.5 Å². The Kier molecular flexibility index (Phi) is 5.98. The summed E-state index contributed by atoms with van der Waals surface area (Å²) in [5.41, 5.74) is 6.40. The molecule has 2 amide bonds. The molecule has 0 aliphatic rings. The third-order valence-electron chi connectivity index (χ3n) is 4.25. The fraction of sp³-hybridized carbons (Fsp3) is 0.100. The summed E-state index contributed by atoms with van der Waals surface area (Å²) in [5, 5.41) is 4.72. The van der Waals surface area contributed by atoms with Crippen LogP contribution in [0.2, 0.25) is 0 Å². The van der Waals surface area contributed by atoms with Crippen molar-refractivity contribution in [2.45, 2.75) is 5.16 Å². The molecular weight excluding hydrogens is 440 g/mol. The average Bonchev–Trinajstić information content (AvgIpc) is 3.44. The Morgan fingerprint density at radius 2 is 1.90 bits per heavy atom. The van der Waals surface area contributed by atoms with Crippen LogP contribution in [0.4, 0.5) is 0 Å². The molecule has 0 unspecified atom stereocenters. The topological polar surface area (TPSA) is 93.1 Å². The van der Waals surface area contributed by atoms with E-state index < -0.39 is 5.91 Å². The van der Waals surface area contributed by atoms with Gasteiger partial charge in [0.15, 0.2) is 5.16 Å². The largest absolute Gasteiger partial charge is 0.290 e. The molecule has 152 valence electrons. The van der Waals surface area contributed by atoms with Crippen LogP contribution in [-0.4, -0.2) is 27.1 Å². The van der Waals surface area contributed by atoms with Gasteiger partial charge in [0.25, 0.3) is 11.5 Å². The lowest BCUT2D eigenvalue weighted by Gasteiger charge is -2.09. The molecule has 1 aromatic carbocycles. The average molecular weight is 457 g/mol. The monoisotopic (exact) mass is 456 g/mol. The number of amides is 2. The maximum absolute atomic E-state index is 13.0. The van der Waals surface area contributed by atoms with Crippen molar-refractivity contribution in [2.75, 3.05) is 5.75 Å². The second kappa shape index (κ2) is 8.82. The molecule has 4 rings (SSSR count). The number of hydrogen-bond acceptors (Lipinski definition) is 7. The molecule has 0 saturated heterocycles. The molecule has 0 radical (unpaired) electrons. The summed E-state index contributed by atoms with van der Waals surface area (Å²) in [6.07, 6.45) is 0. The number of carbonyl (C=O) groups is 2. The van der Waals surface area contributed by atoms with E-state index in [1.165, 1.54) is 27.2 Å². The third-order valence-corrected chi connectivity index (χ3v) is 7.02. The Bertz CT molecular complexity index is 1260. The smallest absolute Gasteiger partial charge is 0.279 e. The fourth-order valence-electron chi connectivity index (χ4n) is 2.77. The highest BCUT2D eigenvalue weighted by Crippen LogP contribution is 2.31. The first kappa shape index (κ1) is 20.3. The number of fused-ring (bicyclic) bond motifs is 1. The number of hydrogen-bond donors (Lipinski definition) is 2. The van der Waals surface area contributed by atoms with Crippen LogP contribution in [-0.2, 0) is 11.8 Å². The number of nitrogens with one attached hydrogen (secondary N) is 2. The lowest BCUT2D eigenvalue weighted by atomic mass is 10.1. The van der Waals surface area contributed by atoms with Gasteiger partial charge in [0, 0.05) is 18.0 Å². The predicted octanol–water partition coefficient (Wildman–Crippen LogP) is 3.28. The molecule has 0 spiro atoms. The molecule has 0 aliphatic carbocycles. The minimum atomic E-state index is -0.393. The Morgan fingerprint density at radius 1 is 1.10 bits per heavy atom. The van der Waals surface area contributed by atoms with Crippen LogP contribution in [0.3, 0.4) is 0 Å². The molecule has 0 atom stereocenters. The quantitative estimate of drug-likeness (QED) is 0.273. The van der Waals surface area contributed by atoms with Crippen LogP contribution < -0.4 is 16.4 Å². The Labute approximate surface area is 183 Å². The second-order valence-electron chi connectivity index (χ2n) is 6.22. The number of aromatic nitrogens is 2. The van der Waals surface area contributed by atoms with Gasteiger partial charge in [0.2, 0.25) is 5.91 Å². The summed E-state index contributed by atoms with van der Waals surface area (Å²) >= 11 is 3.82. The van der Waals surface area contributed by atoms with Gasteiger partial charge in [-0.15, -0.1) is 22.7 Å². The number of thioether (sulfide) groups is 1. The van der Waals surface area contributed by atoms with Crippen LogP contribution in [0.1, 0.15) is 9.67 Å². The summed E-state index contributed by atoms with van der Waals surface area (Å²) in [6, 6.07) is 13.1. The van der Waals surface area contributed by atoms with Gasteiger partial charge in [0.1, 0.15) is 4.83 Å². The number of thiophene rings is 2. The molecule has 0 bridgehead atoms. The molecule has 4 aromatic rings. The highest BCUT2D eigenvalue weighted by molar-refractivity contribution is 7.99. The van der Waals surface area contributed by atoms with Crippen LogP contribution in [0.5, 0.6) is 0 Å². The van der Waals surface area contributed by atoms with E-state index >= 15 is 0 Å². The maximum atomic E-state index is 13.0. The molecule has 3 aromatic heterocycles. The molecule has 0 fully saturated rings. The fourth-order valence-corrected chi connectivity index (χ4v) is 5.15. The standard InChI is InChI=1S/C20H16N4O3S3/c1-24-19(27)16-13(12-6-3-2-4-7-12)10-29-18(16)21-20(24)30-11-15(25)22-23-17(26)14-8-5-9-28-14/h2-10H,11H2,1H3,(H,22,25)(H,23,26). The van der Waals surface area contributed by atoms with Crippen molar-refractivity contribution in [3.8, 4) is 11.1 Å². The number of carbonyl (C=O) groups excluding carboxylic acids is 2. The number of benzene rings is 1. The van der Waals surface area contributed by atoms with Gasteiger partial charge in [-0.2, -0.15) is 0 Å². The second-order valence-corrected chi connectivity index (χ2v) is 8.97. The molecular formula is C20H16N4O3S3. The van der Waals surface area contributed by atoms with Gasteiger partial charge in [-0.1, -0.05) is 48.2 Å². The molecule has 3 heterocycles. The van der Waals surface area contributed by atoms with Gasteiger partial charge < -0.3 is 0 Å².